The van der Waals surface area contributed by atoms with Gasteiger partial charge in [0.2, 0.25) is 5.95 Å². The Labute approximate surface area is 167 Å². The van der Waals surface area contributed by atoms with E-state index in [2.05, 4.69) is 35.1 Å². The molecule has 152 valence electrons. The van der Waals surface area contributed by atoms with Crippen LogP contribution in [0, 0.1) is 0 Å². The second kappa shape index (κ2) is 8.02. The van der Waals surface area contributed by atoms with E-state index in [-0.39, 0.29) is 11.8 Å². The Morgan fingerprint density at radius 1 is 1.24 bits per heavy atom. The van der Waals surface area contributed by atoms with Gasteiger partial charge >= 0.3 is 5.97 Å². The number of piperazine rings is 1. The molecule has 29 heavy (non-hydrogen) atoms. The van der Waals surface area contributed by atoms with Crippen LogP contribution in [0.4, 0.5) is 17.5 Å². The average molecular weight is 397 g/mol. The second-order valence-electron chi connectivity index (χ2n) is 7.15. The van der Waals surface area contributed by atoms with Gasteiger partial charge in [-0.25, -0.2) is 14.8 Å². The number of anilines is 3. The van der Waals surface area contributed by atoms with E-state index in [0.717, 1.165) is 31.9 Å². The molecule has 0 aromatic carbocycles. The summed E-state index contributed by atoms with van der Waals surface area (Å²) < 4.78 is 0. The number of hydrogen-bond donors (Lipinski definition) is 4. The summed E-state index contributed by atoms with van der Waals surface area (Å²) >= 11 is 0. The lowest BCUT2D eigenvalue weighted by atomic mass is 10.2. The van der Waals surface area contributed by atoms with E-state index in [1.165, 1.54) is 6.07 Å². The van der Waals surface area contributed by atoms with Gasteiger partial charge in [-0.1, -0.05) is 0 Å². The topological polar surface area (TPSA) is 130 Å². The molecule has 0 saturated carbocycles. The lowest BCUT2D eigenvalue weighted by Gasteiger charge is -2.36. The lowest BCUT2D eigenvalue weighted by molar-refractivity contribution is 0.0691. The van der Waals surface area contributed by atoms with Gasteiger partial charge in [-0.3, -0.25) is 4.90 Å². The number of H-pyrrole nitrogens is 1. The summed E-state index contributed by atoms with van der Waals surface area (Å²) in [6.45, 7) is 6.11. The van der Waals surface area contributed by atoms with Crippen molar-refractivity contribution >= 4 is 34.5 Å². The maximum absolute atomic E-state index is 11.1. The Kier molecular flexibility index (Phi) is 5.28. The normalized spacial score (nSPS) is 16.1. The molecule has 1 atom stereocenters. The SMILES string of the molecule is C[C@H](O)CN1CCN(c2ccc(Nc3ncc4cc(C(=O)O)[nH]c4n3)nc2)CC1. The Bertz CT molecular complexity index is 995. The van der Waals surface area contributed by atoms with Crippen LogP contribution in [-0.2, 0) is 0 Å². The number of aromatic amines is 1. The van der Waals surface area contributed by atoms with Crippen molar-refractivity contribution in [1.29, 1.82) is 0 Å². The number of aromatic carboxylic acids is 1. The molecule has 1 fully saturated rings. The summed E-state index contributed by atoms with van der Waals surface area (Å²) in [5, 5.41) is 22.2. The van der Waals surface area contributed by atoms with Crippen LogP contribution in [0.1, 0.15) is 17.4 Å². The fourth-order valence-corrected chi connectivity index (χ4v) is 3.42. The summed E-state index contributed by atoms with van der Waals surface area (Å²) in [7, 11) is 0. The Morgan fingerprint density at radius 2 is 2.03 bits per heavy atom. The van der Waals surface area contributed by atoms with Gasteiger partial charge in [0.1, 0.15) is 17.2 Å². The fourth-order valence-electron chi connectivity index (χ4n) is 3.42. The second-order valence-corrected chi connectivity index (χ2v) is 7.15. The van der Waals surface area contributed by atoms with E-state index in [1.807, 2.05) is 25.3 Å². The van der Waals surface area contributed by atoms with E-state index >= 15 is 0 Å². The molecule has 0 unspecified atom stereocenters. The first-order valence-electron chi connectivity index (χ1n) is 9.45. The number of rotatable bonds is 6. The van der Waals surface area contributed by atoms with Gasteiger partial charge in [0.15, 0.2) is 0 Å². The van der Waals surface area contributed by atoms with E-state index in [1.54, 1.807) is 6.20 Å². The van der Waals surface area contributed by atoms with Crippen LogP contribution in [0.15, 0.2) is 30.6 Å². The standard InChI is InChI=1S/C19H23N7O3/c1-12(27)11-25-4-6-26(7-5-25)14-2-3-16(20-10-14)23-19-21-9-13-8-15(18(28)29)22-17(13)24-19/h2-3,8-10,12,27H,4-7,11H2,1H3,(H,28,29)(H2,20,21,22,23,24)/t12-/m0/s1. The number of fused-ring (bicyclic) bond motifs is 1. The highest BCUT2D eigenvalue weighted by Gasteiger charge is 2.18. The molecule has 3 aromatic rings. The van der Waals surface area contributed by atoms with Crippen LogP contribution >= 0.6 is 0 Å². The van der Waals surface area contributed by atoms with Gasteiger partial charge in [0, 0.05) is 44.3 Å². The molecular weight excluding hydrogens is 374 g/mol. The minimum Gasteiger partial charge on any atom is -0.477 e. The first kappa shape index (κ1) is 19.1. The maximum atomic E-state index is 11.1. The number of nitrogens with one attached hydrogen (secondary N) is 2. The van der Waals surface area contributed by atoms with Gasteiger partial charge in [0.25, 0.3) is 0 Å². The van der Waals surface area contributed by atoms with Gasteiger partial charge in [0.05, 0.1) is 18.0 Å². The third-order valence-electron chi connectivity index (χ3n) is 4.85. The monoisotopic (exact) mass is 397 g/mol. The number of carboxylic acids is 1. The smallest absolute Gasteiger partial charge is 0.352 e. The van der Waals surface area contributed by atoms with Gasteiger partial charge in [-0.15, -0.1) is 0 Å². The molecule has 0 aliphatic carbocycles. The van der Waals surface area contributed by atoms with Crippen molar-refractivity contribution in [2.75, 3.05) is 42.9 Å². The summed E-state index contributed by atoms with van der Waals surface area (Å²) in [6, 6.07) is 5.35. The predicted molar refractivity (Wildman–Crippen MR) is 109 cm³/mol. The number of aliphatic hydroxyl groups excluding tert-OH is 1. The molecule has 4 N–H and O–H groups in total. The number of aliphatic hydroxyl groups is 1. The molecule has 0 spiro atoms. The quantitative estimate of drug-likeness (QED) is 0.486. The number of carbonyl (C=O) groups is 1. The van der Waals surface area contributed by atoms with Crippen molar-refractivity contribution < 1.29 is 15.0 Å². The van der Waals surface area contributed by atoms with Crippen molar-refractivity contribution in [2.45, 2.75) is 13.0 Å². The summed E-state index contributed by atoms with van der Waals surface area (Å²) in [6.07, 6.45) is 3.06. The Morgan fingerprint density at radius 3 is 2.69 bits per heavy atom. The van der Waals surface area contributed by atoms with E-state index in [0.29, 0.717) is 29.3 Å². The Hall–Kier alpha value is -3.24. The molecular formula is C19H23N7O3. The molecule has 10 nitrogen and oxygen atoms in total. The summed E-state index contributed by atoms with van der Waals surface area (Å²) in [4.78, 5) is 31.3. The molecule has 3 aromatic heterocycles. The highest BCUT2D eigenvalue weighted by atomic mass is 16.4. The lowest BCUT2D eigenvalue weighted by Crippen LogP contribution is -2.48. The van der Waals surface area contributed by atoms with E-state index in [9.17, 15) is 9.90 Å². The fraction of sp³-hybridized carbons (Fsp3) is 0.368. The number of aromatic nitrogens is 4. The molecule has 4 rings (SSSR count). The maximum Gasteiger partial charge on any atom is 0.352 e. The average Bonchev–Trinajstić information content (AvgIpc) is 3.13. The van der Waals surface area contributed by atoms with Gasteiger partial charge in [-0.2, -0.15) is 4.98 Å². The van der Waals surface area contributed by atoms with Crippen molar-refractivity contribution in [3.63, 3.8) is 0 Å². The predicted octanol–water partition coefficient (Wildman–Crippen LogP) is 1.30. The number of nitrogens with zero attached hydrogens (tertiary/aromatic N) is 5. The van der Waals surface area contributed by atoms with Gasteiger partial charge in [-0.05, 0) is 25.1 Å². The van der Waals surface area contributed by atoms with Crippen molar-refractivity contribution in [1.82, 2.24) is 24.8 Å². The molecule has 1 aliphatic heterocycles. The number of carboxylic acid groups (broad SMARTS) is 1. The summed E-state index contributed by atoms with van der Waals surface area (Å²) in [5.74, 6) is -0.101. The van der Waals surface area contributed by atoms with Crippen molar-refractivity contribution in [3.05, 3.63) is 36.3 Å². The Balaban J connectivity index is 1.39. The molecule has 4 heterocycles. The molecule has 1 aliphatic rings. The first-order chi connectivity index (χ1) is 14.0. The zero-order chi connectivity index (χ0) is 20.4. The molecule has 0 bridgehead atoms. The van der Waals surface area contributed by atoms with Crippen LogP contribution in [0.5, 0.6) is 0 Å². The number of hydrogen-bond acceptors (Lipinski definition) is 8. The van der Waals surface area contributed by atoms with E-state index in [4.69, 9.17) is 5.11 Å². The highest BCUT2D eigenvalue weighted by molar-refractivity contribution is 5.92. The number of β-amino-alcohol motifs (C(OH)–C–C–N with tert-alkyl or cyclic N) is 1. The first-order valence-corrected chi connectivity index (χ1v) is 9.45. The zero-order valence-corrected chi connectivity index (χ0v) is 16.0. The third-order valence-corrected chi connectivity index (χ3v) is 4.85. The van der Waals surface area contributed by atoms with Crippen LogP contribution in [0.3, 0.4) is 0 Å². The van der Waals surface area contributed by atoms with Crippen LogP contribution in [-0.4, -0.2) is 79.8 Å². The highest BCUT2D eigenvalue weighted by Crippen LogP contribution is 2.20. The zero-order valence-electron chi connectivity index (χ0n) is 16.0. The third kappa shape index (κ3) is 4.44. The van der Waals surface area contributed by atoms with Crippen LogP contribution in [0.25, 0.3) is 11.0 Å². The van der Waals surface area contributed by atoms with E-state index < -0.39 is 5.97 Å². The van der Waals surface area contributed by atoms with Crippen LogP contribution in [0.2, 0.25) is 0 Å². The van der Waals surface area contributed by atoms with Crippen LogP contribution < -0.4 is 10.2 Å². The molecule has 0 amide bonds. The molecule has 1 saturated heterocycles. The van der Waals surface area contributed by atoms with Crippen molar-refractivity contribution in [2.24, 2.45) is 0 Å². The largest absolute Gasteiger partial charge is 0.477 e. The summed E-state index contributed by atoms with van der Waals surface area (Å²) in [5.41, 5.74) is 1.56. The minimum atomic E-state index is -1.04. The van der Waals surface area contributed by atoms with Gasteiger partial charge < -0.3 is 25.4 Å². The minimum absolute atomic E-state index is 0.0717. The van der Waals surface area contributed by atoms with Crippen molar-refractivity contribution in [3.8, 4) is 0 Å². The molecule has 10 heteroatoms. The number of pyridine rings is 1. The molecule has 0 radical (unpaired) electrons.